The molecule has 2 N–H and O–H groups in total. The molecule has 1 saturated carbocycles. The number of rotatable bonds is 1. The van der Waals surface area contributed by atoms with Gasteiger partial charge < -0.3 is 5.73 Å². The number of nitrogens with two attached hydrogens (primary N) is 1. The number of thiophene rings is 1. The van der Waals surface area contributed by atoms with Gasteiger partial charge in [0.15, 0.2) is 0 Å². The first-order chi connectivity index (χ1) is 6.22. The van der Waals surface area contributed by atoms with E-state index in [1.54, 1.807) is 11.3 Å². The lowest BCUT2D eigenvalue weighted by Gasteiger charge is -2.33. The maximum atomic E-state index is 6.43. The van der Waals surface area contributed by atoms with Crippen LogP contribution in [0.3, 0.4) is 0 Å². The van der Waals surface area contributed by atoms with E-state index in [-0.39, 0.29) is 5.54 Å². The minimum Gasteiger partial charge on any atom is -0.321 e. The summed E-state index contributed by atoms with van der Waals surface area (Å²) >= 11 is 1.78. The Balaban J connectivity index is 2.27. The van der Waals surface area contributed by atoms with Crippen LogP contribution < -0.4 is 5.73 Å². The first-order valence-corrected chi connectivity index (χ1v) is 5.99. The third kappa shape index (κ3) is 1.65. The Labute approximate surface area is 84.0 Å². The van der Waals surface area contributed by atoms with Crippen LogP contribution in [0.2, 0.25) is 0 Å². The van der Waals surface area contributed by atoms with Gasteiger partial charge in [0.1, 0.15) is 0 Å². The van der Waals surface area contributed by atoms with Crippen molar-refractivity contribution in [2.75, 3.05) is 0 Å². The van der Waals surface area contributed by atoms with E-state index in [1.807, 2.05) is 0 Å². The van der Waals surface area contributed by atoms with Crippen molar-refractivity contribution < 1.29 is 0 Å². The van der Waals surface area contributed by atoms with E-state index in [4.69, 9.17) is 5.73 Å². The van der Waals surface area contributed by atoms with Gasteiger partial charge in [-0.3, -0.25) is 0 Å². The summed E-state index contributed by atoms with van der Waals surface area (Å²) in [5, 5.41) is 4.44. The number of hydrogen-bond donors (Lipinski definition) is 1. The summed E-state index contributed by atoms with van der Waals surface area (Å²) in [7, 11) is 0. The van der Waals surface area contributed by atoms with Gasteiger partial charge in [-0.25, -0.2) is 0 Å². The molecular formula is C11H17NS. The zero-order valence-corrected chi connectivity index (χ0v) is 8.99. The summed E-state index contributed by atoms with van der Waals surface area (Å²) in [5.74, 6) is 0. The summed E-state index contributed by atoms with van der Waals surface area (Å²) in [5.41, 5.74) is 9.22. The molecule has 0 atom stereocenters. The van der Waals surface area contributed by atoms with Crippen molar-refractivity contribution in [2.45, 2.75) is 44.6 Å². The van der Waals surface area contributed by atoms with Crippen LogP contribution in [0.4, 0.5) is 0 Å². The van der Waals surface area contributed by atoms with Gasteiger partial charge in [-0.2, -0.15) is 11.3 Å². The van der Waals surface area contributed by atoms with Crippen molar-refractivity contribution in [1.29, 1.82) is 0 Å². The summed E-state index contributed by atoms with van der Waals surface area (Å²) in [6, 6.07) is 0. The summed E-state index contributed by atoms with van der Waals surface area (Å²) in [6.45, 7) is 2.18. The topological polar surface area (TPSA) is 26.0 Å². The van der Waals surface area contributed by atoms with Gasteiger partial charge in [0.05, 0.1) is 0 Å². The van der Waals surface area contributed by atoms with Crippen LogP contribution in [0.25, 0.3) is 0 Å². The van der Waals surface area contributed by atoms with E-state index < -0.39 is 0 Å². The monoisotopic (exact) mass is 195 g/mol. The molecule has 0 radical (unpaired) electrons. The third-order valence-electron chi connectivity index (χ3n) is 3.14. The van der Waals surface area contributed by atoms with Crippen molar-refractivity contribution in [3.63, 3.8) is 0 Å². The molecule has 13 heavy (non-hydrogen) atoms. The second-order valence-electron chi connectivity index (χ2n) is 4.19. The van der Waals surface area contributed by atoms with E-state index in [9.17, 15) is 0 Å². The Kier molecular flexibility index (Phi) is 2.43. The van der Waals surface area contributed by atoms with Gasteiger partial charge >= 0.3 is 0 Å². The standard InChI is InChI=1S/C11H17NS/c1-9-7-13-8-10(9)11(12)5-3-2-4-6-11/h7-8H,2-6,12H2,1H3. The molecule has 1 heterocycles. The molecule has 1 aromatic rings. The van der Waals surface area contributed by atoms with Gasteiger partial charge in [-0.05, 0) is 41.7 Å². The Morgan fingerprint density at radius 3 is 2.46 bits per heavy atom. The zero-order valence-electron chi connectivity index (χ0n) is 8.18. The SMILES string of the molecule is Cc1cscc1C1(N)CCCCC1. The van der Waals surface area contributed by atoms with Gasteiger partial charge in [0, 0.05) is 5.54 Å². The van der Waals surface area contributed by atoms with E-state index in [0.717, 1.165) is 0 Å². The highest BCUT2D eigenvalue weighted by Gasteiger charge is 2.30. The average molecular weight is 195 g/mol. The van der Waals surface area contributed by atoms with Gasteiger partial charge in [0.25, 0.3) is 0 Å². The fourth-order valence-corrected chi connectivity index (χ4v) is 3.28. The summed E-state index contributed by atoms with van der Waals surface area (Å²) < 4.78 is 0. The van der Waals surface area contributed by atoms with Crippen LogP contribution in [-0.4, -0.2) is 0 Å². The van der Waals surface area contributed by atoms with E-state index in [2.05, 4.69) is 17.7 Å². The molecular weight excluding hydrogens is 178 g/mol. The molecule has 72 valence electrons. The second-order valence-corrected chi connectivity index (χ2v) is 4.93. The van der Waals surface area contributed by atoms with Crippen LogP contribution in [0.1, 0.15) is 43.2 Å². The van der Waals surface area contributed by atoms with Crippen LogP contribution in [0, 0.1) is 6.92 Å². The summed E-state index contributed by atoms with van der Waals surface area (Å²) in [4.78, 5) is 0. The molecule has 2 rings (SSSR count). The van der Waals surface area contributed by atoms with Crippen molar-refractivity contribution in [2.24, 2.45) is 5.73 Å². The van der Waals surface area contributed by atoms with Crippen molar-refractivity contribution in [1.82, 2.24) is 0 Å². The lowest BCUT2D eigenvalue weighted by Crippen LogP contribution is -2.38. The fourth-order valence-electron chi connectivity index (χ4n) is 2.32. The molecule has 0 aromatic carbocycles. The Hall–Kier alpha value is -0.340. The van der Waals surface area contributed by atoms with Gasteiger partial charge in [-0.15, -0.1) is 0 Å². The Morgan fingerprint density at radius 2 is 1.92 bits per heavy atom. The fraction of sp³-hybridized carbons (Fsp3) is 0.636. The molecule has 0 bridgehead atoms. The van der Waals surface area contributed by atoms with Crippen LogP contribution in [0.5, 0.6) is 0 Å². The zero-order chi connectivity index (χ0) is 9.31. The molecule has 1 aromatic heterocycles. The molecule has 1 fully saturated rings. The molecule has 0 amide bonds. The molecule has 0 spiro atoms. The van der Waals surface area contributed by atoms with E-state index >= 15 is 0 Å². The molecule has 1 aliphatic carbocycles. The van der Waals surface area contributed by atoms with Gasteiger partial charge in [-0.1, -0.05) is 19.3 Å². The quantitative estimate of drug-likeness (QED) is 0.732. The first kappa shape index (κ1) is 9.22. The maximum Gasteiger partial charge on any atom is 0.0420 e. The predicted octanol–water partition coefficient (Wildman–Crippen LogP) is 3.17. The lowest BCUT2D eigenvalue weighted by molar-refractivity contribution is 0.302. The molecule has 2 heteroatoms. The maximum absolute atomic E-state index is 6.43. The molecule has 0 saturated heterocycles. The summed E-state index contributed by atoms with van der Waals surface area (Å²) in [6.07, 6.45) is 6.30. The van der Waals surface area contributed by atoms with Crippen molar-refractivity contribution in [3.05, 3.63) is 21.9 Å². The average Bonchev–Trinajstić information content (AvgIpc) is 2.53. The van der Waals surface area contributed by atoms with Crippen molar-refractivity contribution >= 4 is 11.3 Å². The molecule has 1 aliphatic rings. The van der Waals surface area contributed by atoms with Gasteiger partial charge in [0.2, 0.25) is 0 Å². The number of aryl methyl sites for hydroxylation is 1. The minimum absolute atomic E-state index is 0.00231. The van der Waals surface area contributed by atoms with Crippen LogP contribution >= 0.6 is 11.3 Å². The molecule has 0 aliphatic heterocycles. The van der Waals surface area contributed by atoms with E-state index in [0.29, 0.717) is 0 Å². The Bertz CT molecular complexity index is 284. The molecule has 1 nitrogen and oxygen atoms in total. The van der Waals surface area contributed by atoms with Crippen molar-refractivity contribution in [3.8, 4) is 0 Å². The highest BCUT2D eigenvalue weighted by Crippen LogP contribution is 2.37. The normalized spacial score (nSPS) is 21.7. The second kappa shape index (κ2) is 3.43. The minimum atomic E-state index is 0.00231. The first-order valence-electron chi connectivity index (χ1n) is 5.04. The predicted molar refractivity (Wildman–Crippen MR) is 58.0 cm³/mol. The van der Waals surface area contributed by atoms with E-state index in [1.165, 1.54) is 43.2 Å². The molecule has 0 unspecified atom stereocenters. The Morgan fingerprint density at radius 1 is 1.23 bits per heavy atom. The smallest absolute Gasteiger partial charge is 0.0420 e. The number of hydrogen-bond acceptors (Lipinski definition) is 2. The van der Waals surface area contributed by atoms with Crippen LogP contribution in [-0.2, 0) is 5.54 Å². The highest BCUT2D eigenvalue weighted by molar-refractivity contribution is 7.08. The lowest BCUT2D eigenvalue weighted by atomic mass is 9.77. The van der Waals surface area contributed by atoms with Crippen LogP contribution in [0.15, 0.2) is 10.8 Å². The highest BCUT2D eigenvalue weighted by atomic mass is 32.1. The largest absolute Gasteiger partial charge is 0.321 e. The third-order valence-corrected chi connectivity index (χ3v) is 4.00.